The Bertz CT molecular complexity index is 244. The second-order valence-corrected chi connectivity index (χ2v) is 4.23. The monoisotopic (exact) mass is 217 g/mol. The molecule has 0 saturated carbocycles. The Hall–Kier alpha value is 0.140. The Morgan fingerprint density at radius 2 is 2.50 bits per heavy atom. The van der Waals surface area contributed by atoms with E-state index in [0.717, 1.165) is 13.1 Å². The van der Waals surface area contributed by atoms with Crippen LogP contribution in [-0.4, -0.2) is 6.54 Å². The van der Waals surface area contributed by atoms with Gasteiger partial charge in [-0.05, 0) is 27.9 Å². The van der Waals surface area contributed by atoms with Crippen molar-refractivity contribution in [2.45, 2.75) is 13.0 Å². The van der Waals surface area contributed by atoms with E-state index in [-0.39, 0.29) is 0 Å². The maximum absolute atomic E-state index is 3.52. The molecular formula is C7H8BrNS. The van der Waals surface area contributed by atoms with Crippen molar-refractivity contribution >= 4 is 27.3 Å². The van der Waals surface area contributed by atoms with Gasteiger partial charge in [0.25, 0.3) is 0 Å². The van der Waals surface area contributed by atoms with Crippen LogP contribution in [-0.2, 0) is 13.0 Å². The van der Waals surface area contributed by atoms with Crippen LogP contribution >= 0.6 is 27.3 Å². The standard InChI is InChI=1S/C7H8BrNS/c8-6-4-10-7-1-2-9-3-5(6)7/h4,9H,1-3H2. The van der Waals surface area contributed by atoms with Crippen molar-refractivity contribution in [3.8, 4) is 0 Å². The van der Waals surface area contributed by atoms with Gasteiger partial charge in [0.05, 0.1) is 0 Å². The van der Waals surface area contributed by atoms with Gasteiger partial charge in [-0.25, -0.2) is 0 Å². The molecule has 0 spiro atoms. The molecule has 0 bridgehead atoms. The first-order chi connectivity index (χ1) is 4.88. The number of hydrogen-bond donors (Lipinski definition) is 1. The van der Waals surface area contributed by atoms with E-state index in [9.17, 15) is 0 Å². The summed E-state index contributed by atoms with van der Waals surface area (Å²) in [5.41, 5.74) is 1.47. The maximum atomic E-state index is 3.52. The van der Waals surface area contributed by atoms with Gasteiger partial charge in [-0.3, -0.25) is 0 Å². The average molecular weight is 218 g/mol. The minimum Gasteiger partial charge on any atom is -0.312 e. The fraction of sp³-hybridized carbons (Fsp3) is 0.429. The Labute approximate surface area is 72.6 Å². The van der Waals surface area contributed by atoms with E-state index >= 15 is 0 Å². The van der Waals surface area contributed by atoms with E-state index in [0.29, 0.717) is 0 Å². The van der Waals surface area contributed by atoms with Crippen LogP contribution in [0.4, 0.5) is 0 Å². The predicted octanol–water partition coefficient (Wildman–Crippen LogP) is 2.16. The highest BCUT2D eigenvalue weighted by Crippen LogP contribution is 2.29. The van der Waals surface area contributed by atoms with Gasteiger partial charge >= 0.3 is 0 Å². The van der Waals surface area contributed by atoms with E-state index < -0.39 is 0 Å². The first-order valence-corrected chi connectivity index (χ1v) is 5.00. The molecule has 0 atom stereocenters. The van der Waals surface area contributed by atoms with Gasteiger partial charge in [-0.15, -0.1) is 11.3 Å². The number of halogens is 1. The molecule has 3 heteroatoms. The van der Waals surface area contributed by atoms with Gasteiger partial charge in [0, 0.05) is 27.8 Å². The minimum absolute atomic E-state index is 1.04. The molecule has 1 aromatic heterocycles. The lowest BCUT2D eigenvalue weighted by Gasteiger charge is -2.12. The molecule has 1 aliphatic rings. The zero-order chi connectivity index (χ0) is 6.97. The van der Waals surface area contributed by atoms with Gasteiger partial charge in [-0.2, -0.15) is 0 Å². The molecule has 1 aliphatic heterocycles. The van der Waals surface area contributed by atoms with E-state index in [1.807, 2.05) is 11.3 Å². The van der Waals surface area contributed by atoms with Crippen LogP contribution < -0.4 is 5.32 Å². The molecule has 0 unspecified atom stereocenters. The van der Waals surface area contributed by atoms with Crippen molar-refractivity contribution in [1.29, 1.82) is 0 Å². The van der Waals surface area contributed by atoms with Crippen molar-refractivity contribution in [3.63, 3.8) is 0 Å². The number of nitrogens with one attached hydrogen (secondary N) is 1. The molecule has 54 valence electrons. The average Bonchev–Trinajstić information content (AvgIpc) is 2.34. The third-order valence-corrected chi connectivity index (χ3v) is 3.86. The van der Waals surface area contributed by atoms with Gasteiger partial charge in [0.1, 0.15) is 0 Å². The molecule has 2 rings (SSSR count). The third-order valence-electron chi connectivity index (χ3n) is 1.76. The summed E-state index contributed by atoms with van der Waals surface area (Å²) in [6.07, 6.45) is 1.20. The molecule has 0 amide bonds. The normalized spacial score (nSPS) is 16.9. The van der Waals surface area contributed by atoms with Gasteiger partial charge < -0.3 is 5.32 Å². The predicted molar refractivity (Wildman–Crippen MR) is 47.4 cm³/mol. The molecule has 0 aliphatic carbocycles. The molecule has 0 saturated heterocycles. The summed E-state index contributed by atoms with van der Waals surface area (Å²) in [5.74, 6) is 0. The first-order valence-electron chi connectivity index (χ1n) is 3.33. The quantitative estimate of drug-likeness (QED) is 0.703. The Morgan fingerprint density at radius 3 is 3.30 bits per heavy atom. The van der Waals surface area contributed by atoms with Crippen LogP contribution in [0.15, 0.2) is 9.85 Å². The zero-order valence-electron chi connectivity index (χ0n) is 5.48. The highest BCUT2D eigenvalue weighted by Gasteiger charge is 2.12. The lowest BCUT2D eigenvalue weighted by atomic mass is 10.1. The molecule has 10 heavy (non-hydrogen) atoms. The minimum atomic E-state index is 1.04. The summed E-state index contributed by atoms with van der Waals surface area (Å²) in [4.78, 5) is 1.55. The summed E-state index contributed by atoms with van der Waals surface area (Å²) in [6, 6.07) is 0. The van der Waals surface area contributed by atoms with Crippen molar-refractivity contribution in [2.75, 3.05) is 6.54 Å². The van der Waals surface area contributed by atoms with Crippen LogP contribution in [0.3, 0.4) is 0 Å². The topological polar surface area (TPSA) is 12.0 Å². The van der Waals surface area contributed by atoms with Gasteiger partial charge in [0.2, 0.25) is 0 Å². The molecule has 1 N–H and O–H groups in total. The second-order valence-electron chi connectivity index (χ2n) is 2.41. The highest BCUT2D eigenvalue weighted by atomic mass is 79.9. The largest absolute Gasteiger partial charge is 0.312 e. The van der Waals surface area contributed by atoms with Crippen molar-refractivity contribution in [1.82, 2.24) is 5.32 Å². The lowest BCUT2D eigenvalue weighted by Crippen LogP contribution is -2.22. The first kappa shape index (κ1) is 6.83. The molecule has 1 nitrogen and oxygen atoms in total. The molecular weight excluding hydrogens is 210 g/mol. The smallest absolute Gasteiger partial charge is 0.0330 e. The summed E-state index contributed by atoms with van der Waals surface area (Å²) in [5, 5.41) is 5.52. The van der Waals surface area contributed by atoms with Crippen LogP contribution in [0.5, 0.6) is 0 Å². The van der Waals surface area contributed by atoms with E-state index in [4.69, 9.17) is 0 Å². The Balaban J connectivity index is 2.45. The van der Waals surface area contributed by atoms with Gasteiger partial charge in [-0.1, -0.05) is 0 Å². The number of hydrogen-bond acceptors (Lipinski definition) is 2. The Kier molecular flexibility index (Phi) is 1.80. The molecule has 0 fully saturated rings. The van der Waals surface area contributed by atoms with Gasteiger partial charge in [0.15, 0.2) is 0 Å². The zero-order valence-corrected chi connectivity index (χ0v) is 7.89. The van der Waals surface area contributed by atoms with E-state index in [2.05, 4.69) is 26.6 Å². The number of fused-ring (bicyclic) bond motifs is 1. The molecule has 1 aromatic rings. The van der Waals surface area contributed by atoms with Crippen LogP contribution in [0.25, 0.3) is 0 Å². The summed E-state index contributed by atoms with van der Waals surface area (Å²) in [6.45, 7) is 2.18. The molecule has 0 aromatic carbocycles. The van der Waals surface area contributed by atoms with Crippen molar-refractivity contribution in [3.05, 3.63) is 20.3 Å². The van der Waals surface area contributed by atoms with Crippen LogP contribution in [0.1, 0.15) is 10.4 Å². The summed E-state index contributed by atoms with van der Waals surface area (Å²) < 4.78 is 1.28. The van der Waals surface area contributed by atoms with Crippen LogP contribution in [0, 0.1) is 0 Å². The highest BCUT2D eigenvalue weighted by molar-refractivity contribution is 9.10. The van der Waals surface area contributed by atoms with Crippen molar-refractivity contribution < 1.29 is 0 Å². The SMILES string of the molecule is Brc1csc2c1CNCC2. The van der Waals surface area contributed by atoms with Crippen molar-refractivity contribution in [2.24, 2.45) is 0 Å². The Morgan fingerprint density at radius 1 is 1.60 bits per heavy atom. The number of thiophene rings is 1. The summed E-state index contributed by atoms with van der Waals surface area (Å²) >= 11 is 5.39. The second kappa shape index (κ2) is 2.64. The molecule has 0 radical (unpaired) electrons. The van der Waals surface area contributed by atoms with E-state index in [1.54, 1.807) is 4.88 Å². The number of rotatable bonds is 0. The third kappa shape index (κ3) is 1.02. The fourth-order valence-corrected chi connectivity index (χ4v) is 2.93. The maximum Gasteiger partial charge on any atom is 0.0330 e. The lowest BCUT2D eigenvalue weighted by molar-refractivity contribution is 0.651. The van der Waals surface area contributed by atoms with Crippen LogP contribution in [0.2, 0.25) is 0 Å². The van der Waals surface area contributed by atoms with E-state index in [1.165, 1.54) is 16.5 Å². The molecule has 2 heterocycles. The fourth-order valence-electron chi connectivity index (χ4n) is 1.21. The summed E-state index contributed by atoms with van der Waals surface area (Å²) in [7, 11) is 0.